The number of likely N-dealkylation sites (tertiary alicyclic amines) is 4. The molecule has 7 rings (SSSR count). The van der Waals surface area contributed by atoms with Crippen LogP contribution in [-0.2, 0) is 128 Å². The molecular weight excluding hydrogens is 1880 g/mol. The van der Waals surface area contributed by atoms with Gasteiger partial charge in [0.1, 0.15) is 75.9 Å². The molecule has 1 saturated carbocycles. The number of hydrogen-bond acceptors (Lipinski definition) is 38. The predicted molar refractivity (Wildman–Crippen MR) is 497 cm³/mol. The molecular formula is C85H125N11O32S6. The van der Waals surface area contributed by atoms with Crippen LogP contribution in [0.2, 0.25) is 0 Å². The highest BCUT2D eigenvalue weighted by Crippen LogP contribution is 2.30. The van der Waals surface area contributed by atoms with E-state index in [9.17, 15) is 112 Å². The summed E-state index contributed by atoms with van der Waals surface area (Å²) >= 11 is 6.99. The summed E-state index contributed by atoms with van der Waals surface area (Å²) in [6.07, 6.45) is 10.3. The lowest BCUT2D eigenvalue weighted by Crippen LogP contribution is -2.52. The molecule has 2 aromatic carbocycles. The van der Waals surface area contributed by atoms with Crippen molar-refractivity contribution < 1.29 is 135 Å². The molecule has 1 aliphatic carbocycles. The standard InChI is InChI=1S/C24H33N3O9S.C24H33N3O8S2.C22H35N3O8S.C15H24N2O7S2/c1-17(16-37-18(2)28)23(30)26-10-6-9-21(26)22(29)25-20(15-19-7-4-3-5-8-19)24(31)35-13-11-34-12-14-36-27(32)33;1-17(16-37-18(2)28)23(30)26-10-6-9-21(26)22(29)25-20(15-19-7-4-3-5-8-19)24(31)34-11-13-36-14-12-35-27(32)33;1-15(14-34-22(29)16(2)23-19(26)17-8-4-3-5-9-17)20(27)24-11-6-10-18(24)21(28)32-12-7-13-33-25(30)31;1-11(10-26-12(2)18)14(19)16-5-3-4-13(16)15(20)23-6-8-25-9-7-24-17(21)22/h2*3-5,7-8,17,20-21H,6,9-16H2,1-2H3,(H,25,29);15-18H,3-14H2,1-2H3,(H,23,26);11,13H,3-10H2,1-2H3/t2*17-,20-,21+;;/m11../s1. The minimum atomic E-state index is -0.990. The molecule has 2 aromatic rings. The van der Waals surface area contributed by atoms with Crippen molar-refractivity contribution in [2.75, 3.05) is 138 Å². The first-order valence-electron chi connectivity index (χ1n) is 44.2. The second-order valence-corrected chi connectivity index (χ2v) is 38.6. The molecule has 0 spiro atoms. The van der Waals surface area contributed by atoms with Crippen molar-refractivity contribution in [3.05, 3.63) is 112 Å². The van der Waals surface area contributed by atoms with E-state index in [1.807, 2.05) is 60.7 Å². The molecule has 43 nitrogen and oxygen atoms in total. The Bertz CT molecular complexity index is 3990. The van der Waals surface area contributed by atoms with E-state index in [0.717, 1.165) is 96.7 Å². The minimum Gasteiger partial charge on any atom is -0.464 e. The number of amides is 7. The van der Waals surface area contributed by atoms with Gasteiger partial charge in [-0.2, -0.15) is 23.5 Å². The highest BCUT2D eigenvalue weighted by molar-refractivity contribution is 8.14. The Balaban J connectivity index is 0.000000377. The highest BCUT2D eigenvalue weighted by Gasteiger charge is 2.43. The first-order valence-corrected chi connectivity index (χ1v) is 50.4. The van der Waals surface area contributed by atoms with Crippen LogP contribution in [0.4, 0.5) is 0 Å². The van der Waals surface area contributed by atoms with Crippen molar-refractivity contribution in [1.29, 1.82) is 0 Å². The van der Waals surface area contributed by atoms with Crippen LogP contribution >= 0.6 is 70.6 Å². The first-order chi connectivity index (χ1) is 63.9. The van der Waals surface area contributed by atoms with Crippen LogP contribution in [0.15, 0.2) is 60.7 Å². The Morgan fingerprint density at radius 2 is 0.709 bits per heavy atom. The molecule has 7 amide bonds. The summed E-state index contributed by atoms with van der Waals surface area (Å²) in [5.74, 6) is -2.56. The number of carbonyl (C=O) groups is 15. The van der Waals surface area contributed by atoms with Crippen molar-refractivity contribution in [2.45, 2.75) is 200 Å². The predicted octanol–water partition coefficient (Wildman–Crippen LogP) is 6.97. The summed E-state index contributed by atoms with van der Waals surface area (Å²) in [7, 11) is 0. The van der Waals surface area contributed by atoms with Gasteiger partial charge in [0.15, 0.2) is 15.3 Å². The van der Waals surface area contributed by atoms with Crippen molar-refractivity contribution in [2.24, 2.45) is 29.6 Å². The SMILES string of the molecule is CC(=O)SCC(C)C(=O)N1CCCC1C(=O)OCCSCCO[N+](=O)[O-].CC(=O)SC[C@@H](C)C(=O)N1CCC[C@H]1C(=O)N[C@H](Cc1ccccc1)C(=O)OCCOCCO[N+](=O)[O-].CC(=O)SC[C@@H](C)C(=O)N1CCC[C@H]1C(=O)N[C@H](Cc1ccccc1)C(=O)OCCSCCO[N+](=O)[O-].CC(CSC(=O)C(C)NC(=O)C1CCCCC1)C(=O)N1CCCC1C(=O)OCCCO[N+](=O)[O-]. The lowest BCUT2D eigenvalue weighted by Gasteiger charge is -2.28. The molecule has 5 aliphatic rings. The molecule has 134 heavy (non-hydrogen) atoms. The zero-order valence-electron chi connectivity index (χ0n) is 76.7. The molecule has 5 fully saturated rings. The van der Waals surface area contributed by atoms with Gasteiger partial charge in [-0.15, -0.1) is 40.5 Å². The Morgan fingerprint density at radius 3 is 1.10 bits per heavy atom. The normalized spacial score (nSPS) is 17.7. The maximum absolute atomic E-state index is 13.2. The van der Waals surface area contributed by atoms with Gasteiger partial charge in [0.25, 0.3) is 20.3 Å². The molecule has 4 heterocycles. The molecule has 4 saturated heterocycles. The minimum absolute atomic E-state index is 0.000114. The van der Waals surface area contributed by atoms with Crippen molar-refractivity contribution in [3.63, 3.8) is 0 Å². The van der Waals surface area contributed by atoms with Gasteiger partial charge in [-0.05, 0) is 82.3 Å². The topological polar surface area (TPSA) is 561 Å². The molecule has 3 N–H and O–H groups in total. The van der Waals surface area contributed by atoms with Crippen LogP contribution in [0.5, 0.6) is 0 Å². The van der Waals surface area contributed by atoms with Gasteiger partial charge in [-0.3, -0.25) is 52.7 Å². The van der Waals surface area contributed by atoms with Crippen LogP contribution in [0.1, 0.15) is 156 Å². The third-order valence-corrected chi connectivity index (χ3v) is 27.3. The van der Waals surface area contributed by atoms with E-state index in [0.29, 0.717) is 111 Å². The second-order valence-electron chi connectivity index (χ2n) is 31.6. The smallest absolute Gasteiger partial charge is 0.329 e. The molecule has 0 bridgehead atoms. The van der Waals surface area contributed by atoms with Gasteiger partial charge < -0.3 is 78.6 Å². The quantitative estimate of drug-likeness (QED) is 0.0198. The zero-order valence-corrected chi connectivity index (χ0v) is 81.6. The van der Waals surface area contributed by atoms with E-state index in [-0.39, 0.29) is 153 Å². The summed E-state index contributed by atoms with van der Waals surface area (Å²) in [5, 5.41) is 44.8. The number of esters is 4. The summed E-state index contributed by atoms with van der Waals surface area (Å²) in [6, 6.07) is 13.1. The van der Waals surface area contributed by atoms with Crippen LogP contribution < -0.4 is 16.0 Å². The van der Waals surface area contributed by atoms with Gasteiger partial charge in [0, 0.05) is 142 Å². The Labute approximate surface area is 802 Å². The summed E-state index contributed by atoms with van der Waals surface area (Å²) in [4.78, 5) is 250. The fourth-order valence-electron chi connectivity index (χ4n) is 14.2. The van der Waals surface area contributed by atoms with Gasteiger partial charge in [0.2, 0.25) is 46.5 Å². The molecule has 11 atom stereocenters. The van der Waals surface area contributed by atoms with E-state index in [1.165, 1.54) is 59.0 Å². The van der Waals surface area contributed by atoms with Crippen LogP contribution in [0.3, 0.4) is 0 Å². The lowest BCUT2D eigenvalue weighted by atomic mass is 9.88. The monoisotopic (exact) mass is 2000 g/mol. The van der Waals surface area contributed by atoms with Crippen LogP contribution in [-0.4, -0.2) is 306 Å². The Morgan fingerprint density at radius 1 is 0.373 bits per heavy atom. The summed E-state index contributed by atoms with van der Waals surface area (Å²) in [6.45, 7) is 14.3. The van der Waals surface area contributed by atoms with Crippen LogP contribution in [0, 0.1) is 70.0 Å². The van der Waals surface area contributed by atoms with Gasteiger partial charge in [-0.1, -0.05) is 155 Å². The second kappa shape index (κ2) is 65.8. The largest absolute Gasteiger partial charge is 0.464 e. The Hall–Kier alpha value is -9.85. The van der Waals surface area contributed by atoms with Crippen molar-refractivity contribution in [3.8, 4) is 0 Å². The summed E-state index contributed by atoms with van der Waals surface area (Å²) < 4.78 is 26.1. The molecule has 748 valence electrons. The van der Waals surface area contributed by atoms with E-state index in [2.05, 4.69) is 35.3 Å². The molecule has 5 unspecified atom stereocenters. The maximum Gasteiger partial charge on any atom is 0.329 e. The fourth-order valence-corrected chi connectivity index (χ4v) is 18.1. The maximum atomic E-state index is 13.2. The van der Waals surface area contributed by atoms with Gasteiger partial charge in [-0.25, -0.2) is 19.2 Å². The number of ether oxygens (including phenoxy) is 5. The van der Waals surface area contributed by atoms with Gasteiger partial charge >= 0.3 is 23.9 Å². The number of hydrogen-bond donors (Lipinski definition) is 3. The third kappa shape index (κ3) is 46.6. The van der Waals surface area contributed by atoms with E-state index in [4.69, 9.17) is 23.7 Å². The molecule has 0 radical (unpaired) electrons. The van der Waals surface area contributed by atoms with E-state index >= 15 is 0 Å². The number of benzene rings is 2. The number of carbonyl (C=O) groups excluding carboxylic acids is 15. The van der Waals surface area contributed by atoms with E-state index < -0.39 is 116 Å². The first kappa shape index (κ1) is 116. The number of nitrogens with zero attached hydrogens (tertiary/aromatic N) is 8. The van der Waals surface area contributed by atoms with Crippen molar-refractivity contribution >= 4 is 156 Å². The number of nitrogens with one attached hydrogen (secondary N) is 3. The molecule has 0 aromatic heterocycles. The lowest BCUT2D eigenvalue weighted by molar-refractivity contribution is -0.758. The van der Waals surface area contributed by atoms with E-state index in [1.54, 1.807) is 39.5 Å². The Kier molecular flexibility index (Phi) is 57.2. The average Bonchev–Trinajstić information content (AvgIpc) is 1.68. The van der Waals surface area contributed by atoms with Crippen molar-refractivity contribution in [1.82, 2.24) is 35.6 Å². The fraction of sp³-hybridized carbons (Fsp3) is 0.682. The van der Waals surface area contributed by atoms with Crippen LogP contribution in [0.25, 0.3) is 0 Å². The number of rotatable bonds is 53. The highest BCUT2D eigenvalue weighted by atomic mass is 32.2. The summed E-state index contributed by atoms with van der Waals surface area (Å²) in [5.41, 5.74) is 1.65. The van der Waals surface area contributed by atoms with Gasteiger partial charge in [0.05, 0.1) is 32.5 Å². The third-order valence-electron chi connectivity index (χ3n) is 20.9. The zero-order chi connectivity index (χ0) is 99.0. The average molecular weight is 2010 g/mol. The number of thioether (sulfide) groups is 6. The molecule has 49 heteroatoms. The molecule has 4 aliphatic heterocycles.